The molecule has 3 rings (SSSR count). The highest BCUT2D eigenvalue weighted by Crippen LogP contribution is 2.43. The van der Waals surface area contributed by atoms with Crippen molar-refractivity contribution in [1.29, 1.82) is 0 Å². The molecule has 0 aliphatic heterocycles. The van der Waals surface area contributed by atoms with Gasteiger partial charge >= 0.3 is 5.97 Å². The number of anilines is 1. The van der Waals surface area contributed by atoms with Gasteiger partial charge in [-0.2, -0.15) is 0 Å². The maximum Gasteiger partial charge on any atom is 0.341 e. The molecular formula is C22H25NO5. The molecule has 0 heterocycles. The van der Waals surface area contributed by atoms with Crippen LogP contribution in [-0.2, 0) is 15.0 Å². The van der Waals surface area contributed by atoms with Crippen LogP contribution in [0.2, 0.25) is 0 Å². The largest absolute Gasteiger partial charge is 0.497 e. The molecule has 2 N–H and O–H groups in total. The van der Waals surface area contributed by atoms with Crippen LogP contribution >= 0.6 is 0 Å². The number of amides is 1. The van der Waals surface area contributed by atoms with Gasteiger partial charge in [-0.25, -0.2) is 4.79 Å². The molecule has 1 aliphatic carbocycles. The molecule has 0 aromatic heterocycles. The lowest BCUT2D eigenvalue weighted by molar-refractivity contribution is -0.139. The van der Waals surface area contributed by atoms with Gasteiger partial charge in [0.2, 0.25) is 5.91 Å². The van der Waals surface area contributed by atoms with Crippen molar-refractivity contribution in [2.75, 3.05) is 19.0 Å². The molecule has 0 unspecified atom stereocenters. The number of rotatable bonds is 7. The third-order valence-electron chi connectivity index (χ3n) is 5.32. The Morgan fingerprint density at radius 1 is 1.11 bits per heavy atom. The standard InChI is InChI=1S/C22H25NO5/c1-15-12-18(28-14-20(24)25)8-9-19(15)23-21(26)22(10-3-4-11-22)16-6-5-7-17(13-16)27-2/h5-9,12-13H,3-4,10-11,14H2,1-2H3,(H,23,26)(H,24,25). The maximum absolute atomic E-state index is 13.3. The van der Waals surface area contributed by atoms with Crippen LogP contribution in [0.4, 0.5) is 5.69 Å². The summed E-state index contributed by atoms with van der Waals surface area (Å²) in [5, 5.41) is 11.8. The summed E-state index contributed by atoms with van der Waals surface area (Å²) in [5.41, 5.74) is 1.91. The van der Waals surface area contributed by atoms with Crippen molar-refractivity contribution in [1.82, 2.24) is 0 Å². The lowest BCUT2D eigenvalue weighted by Gasteiger charge is -2.29. The number of nitrogens with one attached hydrogen (secondary N) is 1. The summed E-state index contributed by atoms with van der Waals surface area (Å²) < 4.78 is 10.5. The van der Waals surface area contributed by atoms with Gasteiger partial charge in [-0.1, -0.05) is 25.0 Å². The van der Waals surface area contributed by atoms with Crippen molar-refractivity contribution in [3.05, 3.63) is 53.6 Å². The van der Waals surface area contributed by atoms with Crippen molar-refractivity contribution in [3.63, 3.8) is 0 Å². The number of carbonyl (C=O) groups is 2. The number of methoxy groups -OCH3 is 1. The third-order valence-corrected chi connectivity index (χ3v) is 5.32. The lowest BCUT2D eigenvalue weighted by Crippen LogP contribution is -2.38. The zero-order valence-electron chi connectivity index (χ0n) is 16.2. The number of ether oxygens (including phenoxy) is 2. The summed E-state index contributed by atoms with van der Waals surface area (Å²) in [7, 11) is 1.62. The average Bonchev–Trinajstić information content (AvgIpc) is 3.19. The van der Waals surface area contributed by atoms with Crippen LogP contribution in [0.3, 0.4) is 0 Å². The minimum absolute atomic E-state index is 0.0273. The Kier molecular flexibility index (Phi) is 5.87. The van der Waals surface area contributed by atoms with E-state index >= 15 is 0 Å². The molecule has 0 spiro atoms. The first-order valence-electron chi connectivity index (χ1n) is 9.36. The molecule has 6 heteroatoms. The molecule has 0 bridgehead atoms. The van der Waals surface area contributed by atoms with E-state index in [1.165, 1.54) is 0 Å². The molecule has 0 radical (unpaired) electrons. The number of hydrogen-bond donors (Lipinski definition) is 2. The normalized spacial score (nSPS) is 15.1. The van der Waals surface area contributed by atoms with Gasteiger partial charge < -0.3 is 19.9 Å². The summed E-state index contributed by atoms with van der Waals surface area (Å²) in [6, 6.07) is 12.9. The van der Waals surface area contributed by atoms with Gasteiger partial charge in [0.15, 0.2) is 6.61 Å². The van der Waals surface area contributed by atoms with Crippen LogP contribution in [-0.4, -0.2) is 30.7 Å². The van der Waals surface area contributed by atoms with Gasteiger partial charge in [0.1, 0.15) is 11.5 Å². The van der Waals surface area contributed by atoms with Crippen LogP contribution < -0.4 is 14.8 Å². The number of benzene rings is 2. The van der Waals surface area contributed by atoms with Crippen LogP contribution in [0.1, 0.15) is 36.8 Å². The van der Waals surface area contributed by atoms with Crippen molar-refractivity contribution < 1.29 is 24.2 Å². The van der Waals surface area contributed by atoms with E-state index in [2.05, 4.69) is 5.32 Å². The third kappa shape index (κ3) is 4.11. The summed E-state index contributed by atoms with van der Waals surface area (Å²) >= 11 is 0. The van der Waals surface area contributed by atoms with E-state index in [1.54, 1.807) is 25.3 Å². The van der Waals surface area contributed by atoms with Crippen molar-refractivity contribution in [2.45, 2.75) is 38.0 Å². The summed E-state index contributed by atoms with van der Waals surface area (Å²) in [5.74, 6) is 0.144. The van der Waals surface area contributed by atoms with Crippen LogP contribution in [0.5, 0.6) is 11.5 Å². The Morgan fingerprint density at radius 2 is 1.86 bits per heavy atom. The molecule has 148 valence electrons. The predicted octanol–water partition coefficient (Wildman–Crippen LogP) is 3.92. The van der Waals surface area contributed by atoms with Crippen molar-refractivity contribution in [3.8, 4) is 11.5 Å². The Bertz CT molecular complexity index is 871. The van der Waals surface area contributed by atoms with Crippen molar-refractivity contribution >= 4 is 17.6 Å². The van der Waals surface area contributed by atoms with E-state index < -0.39 is 18.0 Å². The van der Waals surface area contributed by atoms with E-state index in [0.717, 1.165) is 42.6 Å². The van der Waals surface area contributed by atoms with E-state index in [1.807, 2.05) is 31.2 Å². The second-order valence-electron chi connectivity index (χ2n) is 7.13. The van der Waals surface area contributed by atoms with Crippen LogP contribution in [0.25, 0.3) is 0 Å². The first-order valence-corrected chi connectivity index (χ1v) is 9.36. The molecular weight excluding hydrogens is 358 g/mol. The average molecular weight is 383 g/mol. The molecule has 0 saturated heterocycles. The SMILES string of the molecule is COc1cccc(C2(C(=O)Nc3ccc(OCC(=O)O)cc3C)CCCC2)c1. The number of carbonyl (C=O) groups excluding carboxylic acids is 1. The monoisotopic (exact) mass is 383 g/mol. The number of aryl methyl sites for hydroxylation is 1. The highest BCUT2D eigenvalue weighted by atomic mass is 16.5. The smallest absolute Gasteiger partial charge is 0.341 e. The number of carboxylic acids is 1. The van der Waals surface area contributed by atoms with Crippen LogP contribution in [0, 0.1) is 6.92 Å². The first kappa shape index (κ1) is 19.7. The molecule has 1 aliphatic rings. The molecule has 28 heavy (non-hydrogen) atoms. The highest BCUT2D eigenvalue weighted by molar-refractivity contribution is 6.00. The topological polar surface area (TPSA) is 84.9 Å². The molecule has 1 amide bonds. The fraction of sp³-hybridized carbons (Fsp3) is 0.364. The highest BCUT2D eigenvalue weighted by Gasteiger charge is 2.43. The Labute approximate surface area is 164 Å². The fourth-order valence-corrected chi connectivity index (χ4v) is 3.80. The van der Waals surface area contributed by atoms with E-state index in [-0.39, 0.29) is 5.91 Å². The lowest BCUT2D eigenvalue weighted by atomic mass is 9.77. The first-order chi connectivity index (χ1) is 13.4. The quantitative estimate of drug-likeness (QED) is 0.757. The molecule has 2 aromatic carbocycles. The Balaban J connectivity index is 1.82. The second-order valence-corrected chi connectivity index (χ2v) is 7.13. The molecule has 6 nitrogen and oxygen atoms in total. The van der Waals surface area contributed by atoms with Gasteiger partial charge in [0.05, 0.1) is 12.5 Å². The van der Waals surface area contributed by atoms with E-state index in [9.17, 15) is 9.59 Å². The fourth-order valence-electron chi connectivity index (χ4n) is 3.80. The number of hydrogen-bond acceptors (Lipinski definition) is 4. The summed E-state index contributed by atoms with van der Waals surface area (Å²) in [6.07, 6.45) is 3.60. The molecule has 0 atom stereocenters. The maximum atomic E-state index is 13.3. The minimum Gasteiger partial charge on any atom is -0.497 e. The summed E-state index contributed by atoms with van der Waals surface area (Å²) in [6.45, 7) is 1.46. The Morgan fingerprint density at radius 3 is 2.50 bits per heavy atom. The van der Waals surface area contributed by atoms with Gasteiger partial charge in [0, 0.05) is 5.69 Å². The molecule has 1 fully saturated rings. The van der Waals surface area contributed by atoms with Gasteiger partial charge in [0.25, 0.3) is 0 Å². The molecule has 1 saturated carbocycles. The number of carboxylic acid groups (broad SMARTS) is 1. The van der Waals surface area contributed by atoms with Crippen molar-refractivity contribution in [2.24, 2.45) is 0 Å². The van der Waals surface area contributed by atoms with Gasteiger partial charge in [-0.15, -0.1) is 0 Å². The van der Waals surface area contributed by atoms with E-state index in [0.29, 0.717) is 11.4 Å². The summed E-state index contributed by atoms with van der Waals surface area (Å²) in [4.78, 5) is 24.0. The number of aliphatic carboxylic acids is 1. The van der Waals surface area contributed by atoms with Gasteiger partial charge in [-0.05, 0) is 61.2 Å². The zero-order valence-corrected chi connectivity index (χ0v) is 16.2. The van der Waals surface area contributed by atoms with E-state index in [4.69, 9.17) is 14.6 Å². The molecule has 2 aromatic rings. The zero-order chi connectivity index (χ0) is 20.1. The van der Waals surface area contributed by atoms with Crippen LogP contribution in [0.15, 0.2) is 42.5 Å². The Hall–Kier alpha value is -3.02. The predicted molar refractivity (Wildman–Crippen MR) is 106 cm³/mol. The minimum atomic E-state index is -1.03. The van der Waals surface area contributed by atoms with Gasteiger partial charge in [-0.3, -0.25) is 4.79 Å². The second kappa shape index (κ2) is 8.33.